The maximum atomic E-state index is 12.4. The molecule has 0 spiro atoms. The van der Waals surface area contributed by atoms with E-state index in [1.54, 1.807) is 30.5 Å². The van der Waals surface area contributed by atoms with E-state index >= 15 is 0 Å². The number of nitrogens with one attached hydrogen (secondary N) is 2. The third kappa shape index (κ3) is 3.93. The monoisotopic (exact) mass is 388 g/mol. The van der Waals surface area contributed by atoms with E-state index in [1.807, 2.05) is 24.3 Å². The number of furan rings is 1. The van der Waals surface area contributed by atoms with Gasteiger partial charge < -0.3 is 19.5 Å². The fraction of sp³-hybridized carbons (Fsp3) is 0.0455. The number of ketones is 1. The predicted molar refractivity (Wildman–Crippen MR) is 106 cm³/mol. The van der Waals surface area contributed by atoms with Crippen molar-refractivity contribution in [3.63, 3.8) is 0 Å². The number of carbonyl (C=O) groups excluding carboxylic acids is 3. The number of Topliss-reactive ketones (excluding diaryl/α,β-unsaturated/α-hetero) is 1. The fourth-order valence-corrected chi connectivity index (χ4v) is 2.88. The molecule has 0 saturated heterocycles. The number of esters is 1. The molecule has 2 heterocycles. The summed E-state index contributed by atoms with van der Waals surface area (Å²) in [4.78, 5) is 39.6. The minimum absolute atomic E-state index is 0.185. The van der Waals surface area contributed by atoms with E-state index in [2.05, 4.69) is 10.3 Å². The van der Waals surface area contributed by atoms with Crippen molar-refractivity contribution in [3.05, 3.63) is 90.0 Å². The van der Waals surface area contributed by atoms with E-state index in [0.717, 1.165) is 10.9 Å². The first-order valence-electron chi connectivity index (χ1n) is 8.83. The molecule has 0 aliphatic rings. The van der Waals surface area contributed by atoms with E-state index in [0.29, 0.717) is 11.3 Å². The molecule has 0 aliphatic carbocycles. The molecule has 0 aliphatic heterocycles. The first-order chi connectivity index (χ1) is 14.1. The molecule has 0 bridgehead atoms. The summed E-state index contributed by atoms with van der Waals surface area (Å²) in [6, 6.07) is 16.7. The van der Waals surface area contributed by atoms with Crippen LogP contribution >= 0.6 is 0 Å². The summed E-state index contributed by atoms with van der Waals surface area (Å²) in [5.41, 5.74) is 2.09. The molecule has 1 amide bonds. The van der Waals surface area contributed by atoms with Crippen LogP contribution in [0, 0.1) is 0 Å². The number of rotatable bonds is 6. The molecule has 7 heteroatoms. The Bertz CT molecular complexity index is 1170. The van der Waals surface area contributed by atoms with Crippen LogP contribution in [0.25, 0.3) is 10.9 Å². The standard InChI is InChI=1S/C22H16N2O5/c25-19(17-12-23-18-5-2-1-4-16(17)18)13-29-22(27)14-7-9-15(10-8-14)24-21(26)20-6-3-11-28-20/h1-12,23H,13H2,(H,24,26). The lowest BCUT2D eigenvalue weighted by atomic mass is 10.1. The molecule has 0 unspecified atom stereocenters. The number of H-pyrrole nitrogens is 1. The van der Waals surface area contributed by atoms with Gasteiger partial charge in [0.25, 0.3) is 5.91 Å². The van der Waals surface area contributed by atoms with Crippen LogP contribution in [0.3, 0.4) is 0 Å². The number of aromatic nitrogens is 1. The quantitative estimate of drug-likeness (QED) is 0.383. The fourth-order valence-electron chi connectivity index (χ4n) is 2.88. The number of fused-ring (bicyclic) bond motifs is 1. The number of anilines is 1. The van der Waals surface area contributed by atoms with Crippen LogP contribution in [0.4, 0.5) is 5.69 Å². The topological polar surface area (TPSA) is 101 Å². The van der Waals surface area contributed by atoms with Crippen molar-refractivity contribution in [2.75, 3.05) is 11.9 Å². The van der Waals surface area contributed by atoms with Gasteiger partial charge in [-0.05, 0) is 42.5 Å². The van der Waals surface area contributed by atoms with Crippen LogP contribution in [-0.2, 0) is 4.74 Å². The van der Waals surface area contributed by atoms with Crippen LogP contribution in [0.15, 0.2) is 77.5 Å². The van der Waals surface area contributed by atoms with Gasteiger partial charge in [-0.25, -0.2) is 4.79 Å². The minimum Gasteiger partial charge on any atom is -0.459 e. The largest absolute Gasteiger partial charge is 0.459 e. The Hall–Kier alpha value is -4.13. The van der Waals surface area contributed by atoms with Gasteiger partial charge in [-0.2, -0.15) is 0 Å². The summed E-state index contributed by atoms with van der Waals surface area (Å²) in [6.07, 6.45) is 3.02. The van der Waals surface area contributed by atoms with Gasteiger partial charge in [-0.3, -0.25) is 9.59 Å². The van der Waals surface area contributed by atoms with Crippen molar-refractivity contribution in [1.82, 2.24) is 4.98 Å². The summed E-state index contributed by atoms with van der Waals surface area (Å²) in [5, 5.41) is 3.44. The second-order valence-corrected chi connectivity index (χ2v) is 6.26. The Kier molecular flexibility index (Phi) is 4.94. The third-order valence-corrected chi connectivity index (χ3v) is 4.35. The van der Waals surface area contributed by atoms with Crippen LogP contribution < -0.4 is 5.32 Å². The predicted octanol–water partition coefficient (Wildman–Crippen LogP) is 4.05. The molecule has 0 fully saturated rings. The first-order valence-corrected chi connectivity index (χ1v) is 8.83. The lowest BCUT2D eigenvalue weighted by Gasteiger charge is -2.06. The Morgan fingerprint density at radius 2 is 1.76 bits per heavy atom. The Labute approximate surface area is 165 Å². The van der Waals surface area contributed by atoms with Gasteiger partial charge in [0, 0.05) is 28.4 Å². The molecule has 2 N–H and O–H groups in total. The van der Waals surface area contributed by atoms with Gasteiger partial charge in [-0.15, -0.1) is 0 Å². The van der Waals surface area contributed by atoms with Crippen molar-refractivity contribution in [2.24, 2.45) is 0 Å². The lowest BCUT2D eigenvalue weighted by molar-refractivity contribution is 0.0475. The summed E-state index contributed by atoms with van der Waals surface area (Å²) in [6.45, 7) is -0.363. The third-order valence-electron chi connectivity index (χ3n) is 4.35. The number of carbonyl (C=O) groups is 3. The van der Waals surface area contributed by atoms with Gasteiger partial charge >= 0.3 is 5.97 Å². The van der Waals surface area contributed by atoms with Crippen molar-refractivity contribution in [2.45, 2.75) is 0 Å². The molecule has 4 aromatic rings. The van der Waals surface area contributed by atoms with Crippen LogP contribution in [0.2, 0.25) is 0 Å². The van der Waals surface area contributed by atoms with Crippen molar-refractivity contribution >= 4 is 34.3 Å². The minimum atomic E-state index is -0.623. The van der Waals surface area contributed by atoms with Gasteiger partial charge in [0.1, 0.15) is 0 Å². The molecule has 29 heavy (non-hydrogen) atoms. The number of para-hydroxylation sites is 1. The van der Waals surface area contributed by atoms with Crippen molar-refractivity contribution in [1.29, 1.82) is 0 Å². The Morgan fingerprint density at radius 1 is 0.966 bits per heavy atom. The van der Waals surface area contributed by atoms with Gasteiger partial charge in [0.2, 0.25) is 5.78 Å². The molecular formula is C22H16N2O5. The summed E-state index contributed by atoms with van der Waals surface area (Å²) >= 11 is 0. The number of benzene rings is 2. The van der Waals surface area contributed by atoms with Crippen LogP contribution in [0.5, 0.6) is 0 Å². The van der Waals surface area contributed by atoms with Crippen LogP contribution in [0.1, 0.15) is 31.3 Å². The normalized spacial score (nSPS) is 10.6. The summed E-state index contributed by atoms with van der Waals surface area (Å²) in [7, 11) is 0. The smallest absolute Gasteiger partial charge is 0.338 e. The summed E-state index contributed by atoms with van der Waals surface area (Å²) in [5.74, 6) is -1.13. The van der Waals surface area contributed by atoms with Gasteiger partial charge in [0.15, 0.2) is 12.4 Å². The number of hydrogen-bond acceptors (Lipinski definition) is 5. The Morgan fingerprint density at radius 3 is 2.52 bits per heavy atom. The molecule has 2 aromatic carbocycles. The maximum Gasteiger partial charge on any atom is 0.338 e. The second kappa shape index (κ2) is 7.85. The van der Waals surface area contributed by atoms with Gasteiger partial charge in [0.05, 0.1) is 11.8 Å². The molecule has 0 atom stereocenters. The van der Waals surface area contributed by atoms with Crippen molar-refractivity contribution in [3.8, 4) is 0 Å². The second-order valence-electron chi connectivity index (χ2n) is 6.26. The molecule has 0 radical (unpaired) electrons. The lowest BCUT2D eigenvalue weighted by Crippen LogP contribution is -2.14. The van der Waals surface area contributed by atoms with E-state index in [9.17, 15) is 14.4 Å². The SMILES string of the molecule is O=C(OCC(=O)c1c[nH]c2ccccc12)c1ccc(NC(=O)c2ccco2)cc1. The van der Waals surface area contributed by atoms with Crippen molar-refractivity contribution < 1.29 is 23.5 Å². The average Bonchev–Trinajstić information content (AvgIpc) is 3.42. The van der Waals surface area contributed by atoms with E-state index in [4.69, 9.17) is 9.15 Å². The molecule has 7 nitrogen and oxygen atoms in total. The highest BCUT2D eigenvalue weighted by Gasteiger charge is 2.15. The van der Waals surface area contributed by atoms with Gasteiger partial charge in [-0.1, -0.05) is 18.2 Å². The zero-order valence-corrected chi connectivity index (χ0v) is 15.2. The van der Waals surface area contributed by atoms with E-state index < -0.39 is 11.9 Å². The average molecular weight is 388 g/mol. The molecule has 0 saturated carbocycles. The molecular weight excluding hydrogens is 372 g/mol. The zero-order valence-electron chi connectivity index (χ0n) is 15.2. The molecule has 4 rings (SSSR count). The summed E-state index contributed by atoms with van der Waals surface area (Å²) < 4.78 is 10.2. The molecule has 144 valence electrons. The highest BCUT2D eigenvalue weighted by Crippen LogP contribution is 2.18. The number of ether oxygens (including phenoxy) is 1. The van der Waals surface area contributed by atoms with E-state index in [-0.39, 0.29) is 23.7 Å². The highest BCUT2D eigenvalue weighted by molar-refractivity contribution is 6.09. The Balaban J connectivity index is 1.36. The number of hydrogen-bond donors (Lipinski definition) is 2. The number of aromatic amines is 1. The molecule has 2 aromatic heterocycles. The van der Waals surface area contributed by atoms with E-state index in [1.165, 1.54) is 18.4 Å². The highest BCUT2D eigenvalue weighted by atomic mass is 16.5. The maximum absolute atomic E-state index is 12.4. The zero-order chi connectivity index (χ0) is 20.2. The first kappa shape index (κ1) is 18.2. The van der Waals surface area contributed by atoms with Crippen LogP contribution in [-0.4, -0.2) is 29.3 Å². The number of amides is 1.